The number of benzene rings is 1. The number of esters is 1. The first-order valence-electron chi connectivity index (χ1n) is 6.92. The van der Waals surface area contributed by atoms with Gasteiger partial charge in [-0.15, -0.1) is 11.3 Å². The number of thiophene rings is 1. The Balaban J connectivity index is 1.45. The number of hydrogen-bond acceptors (Lipinski definition) is 6. The minimum atomic E-state index is -0.480. The van der Waals surface area contributed by atoms with Gasteiger partial charge in [0, 0.05) is 21.7 Å². The van der Waals surface area contributed by atoms with E-state index in [-0.39, 0.29) is 12.4 Å². The SMILES string of the molecule is O=C(OCc1csc(-c2ccsc2)n1)c1cc2ccccc2o1. The molecule has 23 heavy (non-hydrogen) atoms. The number of carbonyl (C=O) groups is 1. The topological polar surface area (TPSA) is 52.3 Å². The van der Waals surface area contributed by atoms with Gasteiger partial charge in [0.2, 0.25) is 5.76 Å². The molecule has 1 aromatic carbocycles. The second kappa shape index (κ2) is 5.98. The van der Waals surface area contributed by atoms with E-state index in [1.54, 1.807) is 17.4 Å². The van der Waals surface area contributed by atoms with Crippen molar-refractivity contribution in [1.29, 1.82) is 0 Å². The molecule has 6 heteroatoms. The van der Waals surface area contributed by atoms with Crippen LogP contribution in [0.3, 0.4) is 0 Å². The van der Waals surface area contributed by atoms with Crippen LogP contribution in [-0.4, -0.2) is 11.0 Å². The van der Waals surface area contributed by atoms with Gasteiger partial charge in [0.15, 0.2) is 0 Å². The van der Waals surface area contributed by atoms with Crippen molar-refractivity contribution in [1.82, 2.24) is 4.98 Å². The predicted octanol–water partition coefficient (Wildman–Crippen LogP) is 4.97. The van der Waals surface area contributed by atoms with Crippen LogP contribution in [0, 0.1) is 0 Å². The van der Waals surface area contributed by atoms with Gasteiger partial charge < -0.3 is 9.15 Å². The second-order valence-electron chi connectivity index (χ2n) is 4.88. The Morgan fingerprint density at radius 1 is 1.22 bits per heavy atom. The summed E-state index contributed by atoms with van der Waals surface area (Å²) in [6.07, 6.45) is 0. The molecule has 0 fully saturated rings. The van der Waals surface area contributed by atoms with Gasteiger partial charge >= 0.3 is 5.97 Å². The average Bonchev–Trinajstić information content (AvgIpc) is 3.31. The van der Waals surface area contributed by atoms with Crippen molar-refractivity contribution in [3.8, 4) is 10.6 Å². The first-order chi connectivity index (χ1) is 11.3. The lowest BCUT2D eigenvalue weighted by molar-refractivity contribution is 0.0434. The number of thiazole rings is 1. The number of nitrogens with zero attached hydrogens (tertiary/aromatic N) is 1. The standard InChI is InChI=1S/C17H11NO3S2/c19-17(15-7-11-3-1-2-4-14(11)21-15)20-8-13-10-23-16(18-13)12-5-6-22-9-12/h1-7,9-10H,8H2. The lowest BCUT2D eigenvalue weighted by atomic mass is 10.2. The third kappa shape index (κ3) is 2.91. The highest BCUT2D eigenvalue weighted by Gasteiger charge is 2.14. The van der Waals surface area contributed by atoms with E-state index in [9.17, 15) is 4.79 Å². The van der Waals surface area contributed by atoms with E-state index in [0.717, 1.165) is 21.7 Å². The minimum absolute atomic E-state index is 0.135. The second-order valence-corrected chi connectivity index (χ2v) is 6.52. The van der Waals surface area contributed by atoms with Gasteiger partial charge in [-0.3, -0.25) is 0 Å². The number of carbonyl (C=O) groups excluding carboxylic acids is 1. The minimum Gasteiger partial charge on any atom is -0.453 e. The highest BCUT2D eigenvalue weighted by molar-refractivity contribution is 7.14. The smallest absolute Gasteiger partial charge is 0.374 e. The lowest BCUT2D eigenvalue weighted by Crippen LogP contribution is -2.04. The number of para-hydroxylation sites is 1. The summed E-state index contributed by atoms with van der Waals surface area (Å²) in [6.45, 7) is 0.135. The Kier molecular flexibility index (Phi) is 3.69. The van der Waals surface area contributed by atoms with Crippen molar-refractivity contribution in [2.24, 2.45) is 0 Å². The molecule has 3 aromatic heterocycles. The quantitative estimate of drug-likeness (QED) is 0.492. The third-order valence-electron chi connectivity index (χ3n) is 3.30. The summed E-state index contributed by atoms with van der Waals surface area (Å²) < 4.78 is 10.8. The van der Waals surface area contributed by atoms with Crippen molar-refractivity contribution in [2.45, 2.75) is 6.61 Å². The first-order valence-corrected chi connectivity index (χ1v) is 8.74. The molecule has 0 amide bonds. The fourth-order valence-electron chi connectivity index (χ4n) is 2.19. The number of ether oxygens (including phenoxy) is 1. The Labute approximate surface area is 140 Å². The van der Waals surface area contributed by atoms with Crippen LogP contribution in [0.5, 0.6) is 0 Å². The van der Waals surface area contributed by atoms with E-state index >= 15 is 0 Å². The maximum absolute atomic E-state index is 12.1. The summed E-state index contributed by atoms with van der Waals surface area (Å²) in [5.41, 5.74) is 2.50. The maximum atomic E-state index is 12.1. The van der Waals surface area contributed by atoms with Crippen LogP contribution < -0.4 is 0 Å². The van der Waals surface area contributed by atoms with Crippen molar-refractivity contribution in [3.05, 3.63) is 64.0 Å². The molecule has 0 saturated heterocycles. The van der Waals surface area contributed by atoms with E-state index in [2.05, 4.69) is 4.98 Å². The molecule has 0 N–H and O–H groups in total. The molecule has 0 unspecified atom stereocenters. The summed E-state index contributed by atoms with van der Waals surface area (Å²) in [5.74, 6) is -0.272. The Hall–Kier alpha value is -2.44. The summed E-state index contributed by atoms with van der Waals surface area (Å²) >= 11 is 3.17. The summed E-state index contributed by atoms with van der Waals surface area (Å²) in [4.78, 5) is 16.6. The van der Waals surface area contributed by atoms with Crippen molar-refractivity contribution in [2.75, 3.05) is 0 Å². The van der Waals surface area contributed by atoms with E-state index in [4.69, 9.17) is 9.15 Å². The molecule has 0 bridgehead atoms. The first kappa shape index (κ1) is 14.2. The van der Waals surface area contributed by atoms with Gasteiger partial charge in [-0.05, 0) is 23.6 Å². The van der Waals surface area contributed by atoms with Crippen LogP contribution in [0.1, 0.15) is 16.2 Å². The molecular formula is C17H11NO3S2. The molecule has 0 atom stereocenters. The molecule has 4 rings (SSSR count). The van der Waals surface area contributed by atoms with Gasteiger partial charge in [0.1, 0.15) is 17.2 Å². The normalized spacial score (nSPS) is 11.0. The largest absolute Gasteiger partial charge is 0.453 e. The van der Waals surface area contributed by atoms with E-state index in [1.807, 2.05) is 46.5 Å². The Bertz CT molecular complexity index is 920. The number of furan rings is 1. The lowest BCUT2D eigenvalue weighted by Gasteiger charge is -1.99. The zero-order chi connectivity index (χ0) is 15.6. The molecular weight excluding hydrogens is 330 g/mol. The van der Waals surface area contributed by atoms with Crippen LogP contribution in [0.2, 0.25) is 0 Å². The summed E-state index contributed by atoms with van der Waals surface area (Å²) in [7, 11) is 0. The van der Waals surface area contributed by atoms with Crippen molar-refractivity contribution in [3.63, 3.8) is 0 Å². The predicted molar refractivity (Wildman–Crippen MR) is 90.8 cm³/mol. The monoisotopic (exact) mass is 341 g/mol. The van der Waals surface area contributed by atoms with Gasteiger partial charge in [-0.1, -0.05) is 18.2 Å². The highest BCUT2D eigenvalue weighted by atomic mass is 32.1. The molecule has 0 aliphatic carbocycles. The van der Waals surface area contributed by atoms with Gasteiger partial charge in [-0.2, -0.15) is 11.3 Å². The van der Waals surface area contributed by atoms with Crippen LogP contribution in [0.25, 0.3) is 21.5 Å². The molecule has 0 aliphatic heterocycles. The van der Waals surface area contributed by atoms with Crippen LogP contribution in [-0.2, 0) is 11.3 Å². The van der Waals surface area contributed by atoms with E-state index < -0.39 is 5.97 Å². The van der Waals surface area contributed by atoms with E-state index in [1.165, 1.54) is 11.3 Å². The van der Waals surface area contributed by atoms with Crippen LogP contribution in [0.15, 0.2) is 57.0 Å². The fourth-order valence-corrected chi connectivity index (χ4v) is 3.70. The zero-order valence-electron chi connectivity index (χ0n) is 11.9. The summed E-state index contributed by atoms with van der Waals surface area (Å²) in [6, 6.07) is 11.2. The number of rotatable bonds is 4. The average molecular weight is 341 g/mol. The fraction of sp³-hybridized carbons (Fsp3) is 0.0588. The van der Waals surface area contributed by atoms with Gasteiger partial charge in [0.25, 0.3) is 0 Å². The van der Waals surface area contributed by atoms with Crippen molar-refractivity contribution >= 4 is 39.6 Å². The van der Waals surface area contributed by atoms with Gasteiger partial charge in [-0.25, -0.2) is 9.78 Å². The van der Waals surface area contributed by atoms with Gasteiger partial charge in [0.05, 0.1) is 5.69 Å². The molecule has 4 nitrogen and oxygen atoms in total. The molecule has 0 radical (unpaired) electrons. The molecule has 4 aromatic rings. The Morgan fingerprint density at radius 3 is 2.96 bits per heavy atom. The highest BCUT2D eigenvalue weighted by Crippen LogP contribution is 2.26. The molecule has 114 valence electrons. The molecule has 0 aliphatic rings. The Morgan fingerprint density at radius 2 is 2.13 bits per heavy atom. The number of aromatic nitrogens is 1. The van der Waals surface area contributed by atoms with Crippen LogP contribution >= 0.6 is 22.7 Å². The molecule has 0 spiro atoms. The van der Waals surface area contributed by atoms with Crippen molar-refractivity contribution < 1.29 is 13.9 Å². The zero-order valence-corrected chi connectivity index (χ0v) is 13.5. The third-order valence-corrected chi connectivity index (χ3v) is 4.92. The maximum Gasteiger partial charge on any atom is 0.374 e. The molecule has 3 heterocycles. The van der Waals surface area contributed by atoms with E-state index in [0.29, 0.717) is 5.58 Å². The molecule has 0 saturated carbocycles. The number of fused-ring (bicyclic) bond motifs is 1. The summed E-state index contributed by atoms with van der Waals surface area (Å²) in [5, 5.41) is 7.77. The van der Waals surface area contributed by atoms with Crippen LogP contribution in [0.4, 0.5) is 0 Å². The number of hydrogen-bond donors (Lipinski definition) is 0.